The fourth-order valence-corrected chi connectivity index (χ4v) is 2.37. The maximum Gasteiger partial charge on any atom is 0.258 e. The van der Waals surface area contributed by atoms with Gasteiger partial charge in [-0.3, -0.25) is 4.79 Å². The second-order valence-electron chi connectivity index (χ2n) is 6.22. The van der Waals surface area contributed by atoms with Crippen LogP contribution in [0.1, 0.15) is 39.7 Å². The summed E-state index contributed by atoms with van der Waals surface area (Å²) in [5, 5.41) is 2.86. The fourth-order valence-electron chi connectivity index (χ4n) is 1.83. The monoisotopic (exact) mass is 356 g/mol. The van der Waals surface area contributed by atoms with Crippen molar-refractivity contribution in [2.45, 2.75) is 52.1 Å². The second-order valence-corrected chi connectivity index (χ2v) is 7.08. The van der Waals surface area contributed by atoms with Crippen molar-refractivity contribution >= 4 is 21.8 Å². The number of halogens is 1. The summed E-state index contributed by atoms with van der Waals surface area (Å²) < 4.78 is 6.38. The van der Waals surface area contributed by atoms with E-state index in [4.69, 9.17) is 10.5 Å². The van der Waals surface area contributed by atoms with Gasteiger partial charge in [-0.05, 0) is 67.2 Å². The molecule has 0 aliphatic carbocycles. The number of ether oxygens (including phenoxy) is 1. The molecule has 0 aromatic heterocycles. The number of hydrogen-bond acceptors (Lipinski definition) is 3. The van der Waals surface area contributed by atoms with E-state index in [9.17, 15) is 4.79 Å². The molecule has 21 heavy (non-hydrogen) atoms. The third kappa shape index (κ3) is 6.96. The third-order valence-electron chi connectivity index (χ3n) is 2.89. The van der Waals surface area contributed by atoms with Crippen molar-refractivity contribution in [3.05, 3.63) is 28.2 Å². The number of rotatable bonds is 6. The predicted octanol–water partition coefficient (Wildman–Crippen LogP) is 3.02. The smallest absolute Gasteiger partial charge is 0.258 e. The molecule has 0 aliphatic rings. The molecule has 0 radical (unpaired) electrons. The van der Waals surface area contributed by atoms with E-state index in [0.29, 0.717) is 5.75 Å². The summed E-state index contributed by atoms with van der Waals surface area (Å²) in [5.74, 6) is 0.527. The van der Waals surface area contributed by atoms with Crippen molar-refractivity contribution in [2.24, 2.45) is 5.73 Å². The molecule has 5 heteroatoms. The maximum absolute atomic E-state index is 11.7. The van der Waals surface area contributed by atoms with Crippen LogP contribution in [0, 0.1) is 0 Å². The van der Waals surface area contributed by atoms with Gasteiger partial charge in [0.05, 0.1) is 4.47 Å². The highest BCUT2D eigenvalue weighted by Gasteiger charge is 2.14. The number of nitrogens with two attached hydrogens (primary N) is 1. The van der Waals surface area contributed by atoms with Crippen LogP contribution in [0.4, 0.5) is 0 Å². The Labute approximate surface area is 135 Å². The van der Waals surface area contributed by atoms with Crippen molar-refractivity contribution in [1.82, 2.24) is 5.32 Å². The summed E-state index contributed by atoms with van der Waals surface area (Å²) in [4.78, 5) is 11.7. The van der Waals surface area contributed by atoms with E-state index in [1.165, 1.54) is 0 Å². The van der Waals surface area contributed by atoms with E-state index >= 15 is 0 Å². The second kappa shape index (κ2) is 7.80. The lowest BCUT2D eigenvalue weighted by atomic mass is 10.0. The molecule has 0 saturated carbocycles. The SMILES string of the molecule is CCC(N)Cc1ccc(OCC(=O)NC(C)(C)C)c(Br)c1. The van der Waals surface area contributed by atoms with E-state index in [2.05, 4.69) is 28.2 Å². The Kier molecular flexibility index (Phi) is 6.68. The molecule has 1 aromatic carbocycles. The molecule has 1 unspecified atom stereocenters. The molecule has 1 atom stereocenters. The van der Waals surface area contributed by atoms with Gasteiger partial charge < -0.3 is 15.8 Å². The van der Waals surface area contributed by atoms with Crippen LogP contribution in [-0.2, 0) is 11.2 Å². The molecular weight excluding hydrogens is 332 g/mol. The van der Waals surface area contributed by atoms with Crippen LogP contribution in [-0.4, -0.2) is 24.1 Å². The fraction of sp³-hybridized carbons (Fsp3) is 0.562. The first-order valence-corrected chi connectivity index (χ1v) is 7.98. The largest absolute Gasteiger partial charge is 0.483 e. The average Bonchev–Trinajstić information content (AvgIpc) is 2.35. The zero-order chi connectivity index (χ0) is 16.0. The highest BCUT2D eigenvalue weighted by Crippen LogP contribution is 2.26. The minimum atomic E-state index is -0.252. The Bertz CT molecular complexity index is 484. The lowest BCUT2D eigenvalue weighted by Gasteiger charge is -2.20. The van der Waals surface area contributed by atoms with Gasteiger partial charge in [0, 0.05) is 11.6 Å². The van der Waals surface area contributed by atoms with Crippen LogP contribution in [0.2, 0.25) is 0 Å². The number of nitrogens with one attached hydrogen (secondary N) is 1. The Morgan fingerprint density at radius 1 is 1.43 bits per heavy atom. The first kappa shape index (κ1) is 18.0. The molecule has 4 nitrogen and oxygen atoms in total. The molecule has 0 aliphatic heterocycles. The molecule has 1 amide bonds. The minimum Gasteiger partial charge on any atom is -0.483 e. The van der Waals surface area contributed by atoms with E-state index < -0.39 is 0 Å². The zero-order valence-corrected chi connectivity index (χ0v) is 14.8. The van der Waals surface area contributed by atoms with Gasteiger partial charge in [-0.25, -0.2) is 0 Å². The summed E-state index contributed by atoms with van der Waals surface area (Å²) in [5.41, 5.74) is 6.85. The molecule has 0 saturated heterocycles. The van der Waals surface area contributed by atoms with Crippen molar-refractivity contribution in [2.75, 3.05) is 6.61 Å². The number of carbonyl (C=O) groups is 1. The normalized spacial score (nSPS) is 12.9. The summed E-state index contributed by atoms with van der Waals surface area (Å²) in [6, 6.07) is 6.01. The molecule has 1 rings (SSSR count). The van der Waals surface area contributed by atoms with Crippen LogP contribution >= 0.6 is 15.9 Å². The number of amides is 1. The topological polar surface area (TPSA) is 64.3 Å². The molecule has 0 heterocycles. The van der Waals surface area contributed by atoms with Crippen molar-refractivity contribution in [1.29, 1.82) is 0 Å². The van der Waals surface area contributed by atoms with Crippen LogP contribution in [0.3, 0.4) is 0 Å². The Morgan fingerprint density at radius 2 is 2.10 bits per heavy atom. The van der Waals surface area contributed by atoms with Crippen molar-refractivity contribution in [3.63, 3.8) is 0 Å². The Morgan fingerprint density at radius 3 is 2.62 bits per heavy atom. The minimum absolute atomic E-state index is 0.00366. The van der Waals surface area contributed by atoms with Gasteiger partial charge in [-0.1, -0.05) is 13.0 Å². The van der Waals surface area contributed by atoms with Gasteiger partial charge in [0.2, 0.25) is 0 Å². The Balaban J connectivity index is 2.59. The van der Waals surface area contributed by atoms with Gasteiger partial charge in [0.25, 0.3) is 5.91 Å². The van der Waals surface area contributed by atoms with Crippen LogP contribution in [0.5, 0.6) is 5.75 Å². The summed E-state index contributed by atoms with van der Waals surface area (Å²) in [6.07, 6.45) is 1.78. The van der Waals surface area contributed by atoms with Crippen molar-refractivity contribution < 1.29 is 9.53 Å². The molecule has 118 valence electrons. The van der Waals surface area contributed by atoms with Crippen LogP contribution < -0.4 is 15.8 Å². The summed E-state index contributed by atoms with van der Waals surface area (Å²) >= 11 is 3.47. The Hall–Kier alpha value is -1.07. The zero-order valence-electron chi connectivity index (χ0n) is 13.2. The van der Waals surface area contributed by atoms with Gasteiger partial charge in [-0.15, -0.1) is 0 Å². The molecular formula is C16H25BrN2O2. The lowest BCUT2D eigenvalue weighted by Crippen LogP contribution is -2.43. The van der Waals surface area contributed by atoms with Gasteiger partial charge in [0.15, 0.2) is 6.61 Å². The first-order valence-electron chi connectivity index (χ1n) is 7.19. The van der Waals surface area contributed by atoms with E-state index in [1.807, 2.05) is 39.0 Å². The highest BCUT2D eigenvalue weighted by atomic mass is 79.9. The standard InChI is InChI=1S/C16H25BrN2O2/c1-5-12(18)8-11-6-7-14(13(17)9-11)21-10-15(20)19-16(2,3)4/h6-7,9,12H,5,8,10,18H2,1-4H3,(H,19,20). The van der Waals surface area contributed by atoms with Gasteiger partial charge in [-0.2, -0.15) is 0 Å². The molecule has 3 N–H and O–H groups in total. The number of carbonyl (C=O) groups excluding carboxylic acids is 1. The summed E-state index contributed by atoms with van der Waals surface area (Å²) in [6.45, 7) is 7.89. The quantitative estimate of drug-likeness (QED) is 0.823. The van der Waals surface area contributed by atoms with Crippen molar-refractivity contribution in [3.8, 4) is 5.75 Å². The molecule has 0 fully saturated rings. The van der Waals surface area contributed by atoms with E-state index in [1.54, 1.807) is 0 Å². The number of hydrogen-bond donors (Lipinski definition) is 2. The maximum atomic E-state index is 11.7. The average molecular weight is 357 g/mol. The van der Waals surface area contributed by atoms with Crippen LogP contribution in [0.25, 0.3) is 0 Å². The highest BCUT2D eigenvalue weighted by molar-refractivity contribution is 9.10. The van der Waals surface area contributed by atoms with E-state index in [0.717, 1.165) is 22.9 Å². The summed E-state index contributed by atoms with van der Waals surface area (Å²) in [7, 11) is 0. The van der Waals surface area contributed by atoms with Crippen LogP contribution in [0.15, 0.2) is 22.7 Å². The van der Waals surface area contributed by atoms with Gasteiger partial charge in [0.1, 0.15) is 5.75 Å². The number of benzene rings is 1. The predicted molar refractivity (Wildman–Crippen MR) is 89.5 cm³/mol. The molecule has 0 bridgehead atoms. The molecule has 0 spiro atoms. The van der Waals surface area contributed by atoms with E-state index in [-0.39, 0.29) is 24.1 Å². The van der Waals surface area contributed by atoms with Gasteiger partial charge >= 0.3 is 0 Å². The third-order valence-corrected chi connectivity index (χ3v) is 3.51. The lowest BCUT2D eigenvalue weighted by molar-refractivity contribution is -0.124. The first-order chi connectivity index (χ1) is 9.71. The molecule has 1 aromatic rings.